The Morgan fingerprint density at radius 1 is 1.04 bits per heavy atom. The zero-order valence-electron chi connectivity index (χ0n) is 13.1. The fourth-order valence-corrected chi connectivity index (χ4v) is 3.08. The van der Waals surface area contributed by atoms with Crippen LogP contribution >= 0.6 is 11.5 Å². The number of benzene rings is 2. The lowest BCUT2D eigenvalue weighted by Crippen LogP contribution is -2.28. The van der Waals surface area contributed by atoms with Crippen molar-refractivity contribution < 1.29 is 9.63 Å². The van der Waals surface area contributed by atoms with E-state index in [-0.39, 0.29) is 5.91 Å². The average Bonchev–Trinajstić information content (AvgIpc) is 3.33. The second kappa shape index (κ2) is 6.82. The molecule has 3 aromatic rings. The van der Waals surface area contributed by atoms with Gasteiger partial charge in [0.1, 0.15) is 0 Å². The van der Waals surface area contributed by atoms with E-state index in [4.69, 9.17) is 4.84 Å². The van der Waals surface area contributed by atoms with Gasteiger partial charge in [0, 0.05) is 23.5 Å². The first kappa shape index (κ1) is 15.5. The molecule has 25 heavy (non-hydrogen) atoms. The van der Waals surface area contributed by atoms with E-state index in [2.05, 4.69) is 19.8 Å². The van der Waals surface area contributed by atoms with E-state index in [1.165, 1.54) is 0 Å². The maximum Gasteiger partial charge on any atom is 0.270 e. The molecule has 1 aromatic heterocycles. The minimum absolute atomic E-state index is 0.273. The summed E-state index contributed by atoms with van der Waals surface area (Å²) < 4.78 is 4.28. The summed E-state index contributed by atoms with van der Waals surface area (Å²) in [6, 6.07) is 19.3. The number of rotatable bonds is 4. The van der Waals surface area contributed by atoms with Crippen molar-refractivity contribution in [3.05, 3.63) is 66.2 Å². The van der Waals surface area contributed by atoms with Crippen molar-refractivity contribution >= 4 is 28.3 Å². The minimum atomic E-state index is -0.653. The Balaban J connectivity index is 1.40. The normalized spacial score (nSPS) is 16.2. The summed E-state index contributed by atoms with van der Waals surface area (Å²) in [5.41, 5.74) is 2.63. The van der Waals surface area contributed by atoms with E-state index in [1.807, 2.05) is 60.7 Å². The number of hydrogen-bond acceptors (Lipinski definition) is 6. The molecule has 2 heterocycles. The molecule has 1 atom stereocenters. The van der Waals surface area contributed by atoms with Crippen molar-refractivity contribution in [1.82, 2.24) is 9.36 Å². The maximum atomic E-state index is 12.4. The second-order valence-corrected chi connectivity index (χ2v) is 6.23. The highest BCUT2D eigenvalue weighted by atomic mass is 32.1. The van der Waals surface area contributed by atoms with E-state index in [0.717, 1.165) is 28.4 Å². The molecule has 0 saturated heterocycles. The largest absolute Gasteiger partial charge is 0.382 e. The zero-order chi connectivity index (χ0) is 17.1. The summed E-state index contributed by atoms with van der Waals surface area (Å²) in [5, 5.41) is 7.22. The van der Waals surface area contributed by atoms with Crippen LogP contribution in [-0.2, 0) is 9.63 Å². The van der Waals surface area contributed by atoms with Crippen molar-refractivity contribution in [3.8, 4) is 11.4 Å². The Morgan fingerprint density at radius 2 is 1.72 bits per heavy atom. The average molecular weight is 350 g/mol. The van der Waals surface area contributed by atoms with Crippen LogP contribution in [0.25, 0.3) is 11.4 Å². The van der Waals surface area contributed by atoms with Gasteiger partial charge in [0.05, 0.1) is 5.71 Å². The first-order chi connectivity index (χ1) is 12.3. The Bertz CT molecular complexity index is 909. The molecule has 2 aromatic carbocycles. The highest BCUT2D eigenvalue weighted by molar-refractivity contribution is 7.10. The van der Waals surface area contributed by atoms with Gasteiger partial charge in [-0.05, 0) is 5.56 Å². The lowest BCUT2D eigenvalue weighted by Gasteiger charge is -2.06. The number of nitrogens with zero attached hydrogens (tertiary/aromatic N) is 3. The monoisotopic (exact) mass is 350 g/mol. The van der Waals surface area contributed by atoms with Crippen LogP contribution in [-0.4, -0.2) is 27.1 Å². The van der Waals surface area contributed by atoms with Gasteiger partial charge in [-0.2, -0.15) is 9.36 Å². The SMILES string of the molecule is O=C(Nc1nc(-c2ccccc2)ns1)C1CC(c2ccccc2)=NO1. The van der Waals surface area contributed by atoms with Gasteiger partial charge < -0.3 is 4.84 Å². The summed E-state index contributed by atoms with van der Waals surface area (Å²) in [5.74, 6) is 0.319. The zero-order valence-corrected chi connectivity index (χ0v) is 13.9. The number of hydrogen-bond donors (Lipinski definition) is 1. The van der Waals surface area contributed by atoms with E-state index in [0.29, 0.717) is 17.4 Å². The number of nitrogens with one attached hydrogen (secondary N) is 1. The van der Waals surface area contributed by atoms with Crippen LogP contribution in [0, 0.1) is 0 Å². The molecule has 124 valence electrons. The number of anilines is 1. The highest BCUT2D eigenvalue weighted by Gasteiger charge is 2.29. The van der Waals surface area contributed by atoms with Crippen molar-refractivity contribution in [1.29, 1.82) is 0 Å². The standard InChI is InChI=1S/C18H14N4O2S/c23-17(15-11-14(21-24-15)12-7-3-1-4-8-12)20-18-19-16(22-25-18)13-9-5-2-6-10-13/h1-10,15H,11H2,(H,19,20,22,23). The summed E-state index contributed by atoms with van der Waals surface area (Å²) >= 11 is 1.14. The third-order valence-corrected chi connectivity index (χ3v) is 4.39. The van der Waals surface area contributed by atoms with Gasteiger partial charge in [0.2, 0.25) is 11.2 Å². The van der Waals surface area contributed by atoms with Gasteiger partial charge >= 0.3 is 0 Å². The molecule has 4 rings (SSSR count). The Morgan fingerprint density at radius 3 is 2.44 bits per heavy atom. The molecule has 0 radical (unpaired) electrons. The molecule has 0 aliphatic carbocycles. The molecule has 0 spiro atoms. The Labute approximate surface area is 148 Å². The summed E-state index contributed by atoms with van der Waals surface area (Å²) in [6.45, 7) is 0. The van der Waals surface area contributed by atoms with E-state index < -0.39 is 6.10 Å². The molecule has 1 aliphatic heterocycles. The lowest BCUT2D eigenvalue weighted by atomic mass is 10.1. The van der Waals surface area contributed by atoms with Gasteiger partial charge in [-0.25, -0.2) is 0 Å². The fraction of sp³-hybridized carbons (Fsp3) is 0.111. The molecule has 6 nitrogen and oxygen atoms in total. The van der Waals surface area contributed by atoms with Crippen molar-refractivity contribution in [2.45, 2.75) is 12.5 Å². The van der Waals surface area contributed by atoms with Crippen LogP contribution < -0.4 is 5.32 Å². The smallest absolute Gasteiger partial charge is 0.270 e. The van der Waals surface area contributed by atoms with Crippen molar-refractivity contribution in [3.63, 3.8) is 0 Å². The molecule has 1 aliphatic rings. The number of amides is 1. The number of aromatic nitrogens is 2. The topological polar surface area (TPSA) is 76.5 Å². The van der Waals surface area contributed by atoms with Crippen molar-refractivity contribution in [2.75, 3.05) is 5.32 Å². The molecule has 0 saturated carbocycles. The molecule has 0 bridgehead atoms. The second-order valence-electron chi connectivity index (χ2n) is 5.48. The van der Waals surface area contributed by atoms with Crippen LogP contribution in [0.1, 0.15) is 12.0 Å². The van der Waals surface area contributed by atoms with Crippen molar-refractivity contribution in [2.24, 2.45) is 5.16 Å². The minimum Gasteiger partial charge on any atom is -0.382 e. The van der Waals surface area contributed by atoms with Crippen LogP contribution in [0.5, 0.6) is 0 Å². The van der Waals surface area contributed by atoms with Crippen LogP contribution in [0.3, 0.4) is 0 Å². The van der Waals surface area contributed by atoms with Gasteiger partial charge in [-0.1, -0.05) is 65.8 Å². The lowest BCUT2D eigenvalue weighted by molar-refractivity contribution is -0.125. The molecule has 1 N–H and O–H groups in total. The summed E-state index contributed by atoms with van der Waals surface area (Å²) in [6.07, 6.45) is -0.223. The Hall–Kier alpha value is -3.06. The van der Waals surface area contributed by atoms with Crippen LogP contribution in [0.2, 0.25) is 0 Å². The van der Waals surface area contributed by atoms with E-state index in [1.54, 1.807) is 0 Å². The Kier molecular flexibility index (Phi) is 4.22. The first-order valence-electron chi connectivity index (χ1n) is 7.78. The fourth-order valence-electron chi connectivity index (χ4n) is 2.48. The summed E-state index contributed by atoms with van der Waals surface area (Å²) in [7, 11) is 0. The quantitative estimate of drug-likeness (QED) is 0.783. The molecule has 1 unspecified atom stereocenters. The maximum absolute atomic E-state index is 12.4. The van der Waals surface area contributed by atoms with E-state index in [9.17, 15) is 4.79 Å². The third-order valence-electron chi connectivity index (χ3n) is 3.76. The van der Waals surface area contributed by atoms with Gasteiger partial charge in [-0.3, -0.25) is 10.1 Å². The highest BCUT2D eigenvalue weighted by Crippen LogP contribution is 2.22. The number of carbonyl (C=O) groups excluding carboxylic acids is 1. The molecular weight excluding hydrogens is 336 g/mol. The van der Waals surface area contributed by atoms with Gasteiger partial charge in [0.15, 0.2) is 5.82 Å². The van der Waals surface area contributed by atoms with Crippen LogP contribution in [0.4, 0.5) is 5.13 Å². The first-order valence-corrected chi connectivity index (χ1v) is 8.55. The number of oxime groups is 1. The predicted octanol–water partition coefficient (Wildman–Crippen LogP) is 3.34. The molecule has 0 fully saturated rings. The number of carbonyl (C=O) groups is 1. The summed E-state index contributed by atoms with van der Waals surface area (Å²) in [4.78, 5) is 22.0. The molecule has 1 amide bonds. The molecule has 7 heteroatoms. The third kappa shape index (κ3) is 3.41. The van der Waals surface area contributed by atoms with Gasteiger partial charge in [-0.15, -0.1) is 0 Å². The van der Waals surface area contributed by atoms with Gasteiger partial charge in [0.25, 0.3) is 5.91 Å². The molecular formula is C18H14N4O2S. The van der Waals surface area contributed by atoms with E-state index >= 15 is 0 Å². The van der Waals surface area contributed by atoms with Crippen LogP contribution in [0.15, 0.2) is 65.8 Å². The predicted molar refractivity (Wildman–Crippen MR) is 96.4 cm³/mol.